The summed E-state index contributed by atoms with van der Waals surface area (Å²) >= 11 is 5.89. The molecule has 1 saturated heterocycles. The third-order valence-corrected chi connectivity index (χ3v) is 4.32. The number of hydrogen-bond donors (Lipinski definition) is 0. The monoisotopic (exact) mass is 329 g/mol. The number of rotatable bonds is 2. The Bertz CT molecular complexity index is 687. The third kappa shape index (κ3) is 3.82. The van der Waals surface area contributed by atoms with Gasteiger partial charge in [-0.3, -0.25) is 4.79 Å². The van der Waals surface area contributed by atoms with Gasteiger partial charge in [0.25, 0.3) is 5.91 Å². The maximum absolute atomic E-state index is 12.6. The summed E-state index contributed by atoms with van der Waals surface area (Å²) in [5, 5.41) is 0.647. The summed E-state index contributed by atoms with van der Waals surface area (Å²) in [6.45, 7) is 5.19. The van der Waals surface area contributed by atoms with E-state index in [2.05, 4.69) is 9.88 Å². The molecule has 2 aromatic rings. The van der Waals surface area contributed by atoms with E-state index in [1.807, 2.05) is 30.0 Å². The first-order chi connectivity index (χ1) is 11.1. The Hall–Kier alpha value is -2.07. The molecule has 0 aliphatic carbocycles. The summed E-state index contributed by atoms with van der Waals surface area (Å²) < 4.78 is 0. The fourth-order valence-corrected chi connectivity index (χ4v) is 2.96. The SMILES string of the molecule is Cc1cccc(N2CCCN(C(=O)c3ccc(Cl)cc3)CC2)n1. The van der Waals surface area contributed by atoms with Gasteiger partial charge in [0.15, 0.2) is 0 Å². The van der Waals surface area contributed by atoms with Gasteiger partial charge in [0.2, 0.25) is 0 Å². The Morgan fingerprint density at radius 1 is 1.04 bits per heavy atom. The Balaban J connectivity index is 1.68. The van der Waals surface area contributed by atoms with Gasteiger partial charge in [0, 0.05) is 42.5 Å². The van der Waals surface area contributed by atoms with Crippen molar-refractivity contribution in [2.45, 2.75) is 13.3 Å². The summed E-state index contributed by atoms with van der Waals surface area (Å²) in [5.74, 6) is 1.06. The summed E-state index contributed by atoms with van der Waals surface area (Å²) in [6, 6.07) is 13.1. The normalized spacial score (nSPS) is 15.4. The minimum atomic E-state index is 0.0701. The molecule has 0 N–H and O–H groups in total. The van der Waals surface area contributed by atoms with E-state index in [-0.39, 0.29) is 5.91 Å². The highest BCUT2D eigenvalue weighted by atomic mass is 35.5. The lowest BCUT2D eigenvalue weighted by Gasteiger charge is -2.23. The zero-order chi connectivity index (χ0) is 16.2. The number of benzene rings is 1. The van der Waals surface area contributed by atoms with E-state index < -0.39 is 0 Å². The van der Waals surface area contributed by atoms with Gasteiger partial charge in [0.1, 0.15) is 5.82 Å². The molecule has 0 unspecified atom stereocenters. The molecular formula is C18H20ClN3O. The van der Waals surface area contributed by atoms with Gasteiger partial charge in [0.05, 0.1) is 0 Å². The summed E-state index contributed by atoms with van der Waals surface area (Å²) in [4.78, 5) is 21.4. The summed E-state index contributed by atoms with van der Waals surface area (Å²) in [6.07, 6.45) is 0.939. The fraction of sp³-hybridized carbons (Fsp3) is 0.333. The highest BCUT2D eigenvalue weighted by Gasteiger charge is 2.20. The second kappa shape index (κ2) is 7.01. The van der Waals surface area contributed by atoms with Crippen LogP contribution < -0.4 is 4.90 Å². The van der Waals surface area contributed by atoms with Gasteiger partial charge in [-0.1, -0.05) is 17.7 Å². The minimum absolute atomic E-state index is 0.0701. The van der Waals surface area contributed by atoms with E-state index in [0.717, 1.165) is 37.6 Å². The van der Waals surface area contributed by atoms with E-state index in [9.17, 15) is 4.79 Å². The van der Waals surface area contributed by atoms with Crippen molar-refractivity contribution in [3.05, 3.63) is 58.7 Å². The Morgan fingerprint density at radius 3 is 2.57 bits per heavy atom. The first-order valence-electron chi connectivity index (χ1n) is 7.87. The molecule has 1 fully saturated rings. The maximum Gasteiger partial charge on any atom is 0.253 e. The van der Waals surface area contributed by atoms with Crippen molar-refractivity contribution in [3.63, 3.8) is 0 Å². The molecule has 0 radical (unpaired) electrons. The first kappa shape index (κ1) is 15.8. The van der Waals surface area contributed by atoms with Crippen molar-refractivity contribution < 1.29 is 4.79 Å². The smallest absolute Gasteiger partial charge is 0.253 e. The molecule has 120 valence electrons. The molecule has 1 aromatic heterocycles. The van der Waals surface area contributed by atoms with Crippen LogP contribution in [0.3, 0.4) is 0 Å². The van der Waals surface area contributed by atoms with Crippen molar-refractivity contribution in [1.82, 2.24) is 9.88 Å². The van der Waals surface area contributed by atoms with Gasteiger partial charge in [-0.05, 0) is 49.7 Å². The van der Waals surface area contributed by atoms with Crippen LogP contribution in [0.2, 0.25) is 5.02 Å². The van der Waals surface area contributed by atoms with Gasteiger partial charge < -0.3 is 9.80 Å². The third-order valence-electron chi connectivity index (χ3n) is 4.07. The fourth-order valence-electron chi connectivity index (χ4n) is 2.83. The van der Waals surface area contributed by atoms with Gasteiger partial charge in [-0.25, -0.2) is 4.98 Å². The molecule has 4 nitrogen and oxygen atoms in total. The van der Waals surface area contributed by atoms with E-state index in [0.29, 0.717) is 17.1 Å². The summed E-state index contributed by atoms with van der Waals surface area (Å²) in [5.41, 5.74) is 1.71. The van der Waals surface area contributed by atoms with Crippen LogP contribution in [0.15, 0.2) is 42.5 Å². The number of halogens is 1. The van der Waals surface area contributed by atoms with Crippen molar-refractivity contribution in [3.8, 4) is 0 Å². The number of aryl methyl sites for hydroxylation is 1. The molecule has 23 heavy (non-hydrogen) atoms. The van der Waals surface area contributed by atoms with Crippen LogP contribution in [0.5, 0.6) is 0 Å². The maximum atomic E-state index is 12.6. The zero-order valence-corrected chi connectivity index (χ0v) is 14.0. The van der Waals surface area contributed by atoms with Crippen LogP contribution in [-0.4, -0.2) is 42.0 Å². The number of aromatic nitrogens is 1. The highest BCUT2D eigenvalue weighted by molar-refractivity contribution is 6.30. The lowest BCUT2D eigenvalue weighted by Crippen LogP contribution is -2.35. The number of carbonyl (C=O) groups is 1. The predicted octanol–water partition coefficient (Wildman–Crippen LogP) is 3.40. The molecule has 0 saturated carbocycles. The van der Waals surface area contributed by atoms with Crippen LogP contribution in [0.25, 0.3) is 0 Å². The van der Waals surface area contributed by atoms with E-state index in [4.69, 9.17) is 11.6 Å². The van der Waals surface area contributed by atoms with E-state index in [1.54, 1.807) is 24.3 Å². The van der Waals surface area contributed by atoms with Crippen LogP contribution in [-0.2, 0) is 0 Å². The van der Waals surface area contributed by atoms with Crippen LogP contribution in [0.4, 0.5) is 5.82 Å². The second-order valence-electron chi connectivity index (χ2n) is 5.78. The minimum Gasteiger partial charge on any atom is -0.355 e. The topological polar surface area (TPSA) is 36.4 Å². The quantitative estimate of drug-likeness (QED) is 0.847. The first-order valence-corrected chi connectivity index (χ1v) is 8.25. The van der Waals surface area contributed by atoms with Crippen LogP contribution >= 0.6 is 11.6 Å². The molecule has 2 heterocycles. The second-order valence-corrected chi connectivity index (χ2v) is 6.21. The van der Waals surface area contributed by atoms with Crippen LogP contribution in [0.1, 0.15) is 22.5 Å². The average Bonchev–Trinajstić information content (AvgIpc) is 2.81. The average molecular weight is 330 g/mol. The molecule has 1 aromatic carbocycles. The van der Waals surface area contributed by atoms with Crippen molar-refractivity contribution in [2.24, 2.45) is 0 Å². The number of pyridine rings is 1. The van der Waals surface area contributed by atoms with Crippen molar-refractivity contribution >= 4 is 23.3 Å². The number of amides is 1. The van der Waals surface area contributed by atoms with Gasteiger partial charge in [-0.15, -0.1) is 0 Å². The van der Waals surface area contributed by atoms with E-state index >= 15 is 0 Å². The largest absolute Gasteiger partial charge is 0.355 e. The van der Waals surface area contributed by atoms with Crippen molar-refractivity contribution in [1.29, 1.82) is 0 Å². The molecule has 1 aliphatic rings. The highest BCUT2D eigenvalue weighted by Crippen LogP contribution is 2.16. The number of anilines is 1. The summed E-state index contributed by atoms with van der Waals surface area (Å²) in [7, 11) is 0. The Morgan fingerprint density at radius 2 is 1.83 bits per heavy atom. The van der Waals surface area contributed by atoms with Gasteiger partial charge >= 0.3 is 0 Å². The predicted molar refractivity (Wildman–Crippen MR) is 93.2 cm³/mol. The molecule has 0 spiro atoms. The standard InChI is InChI=1S/C18H20ClN3O/c1-14-4-2-5-17(20-14)21-10-3-11-22(13-12-21)18(23)15-6-8-16(19)9-7-15/h2,4-9H,3,10-13H2,1H3. The molecule has 1 aliphatic heterocycles. The molecule has 0 bridgehead atoms. The van der Waals surface area contributed by atoms with Gasteiger partial charge in [-0.2, -0.15) is 0 Å². The zero-order valence-electron chi connectivity index (χ0n) is 13.2. The number of nitrogens with zero attached hydrogens (tertiary/aromatic N) is 3. The molecule has 5 heteroatoms. The number of hydrogen-bond acceptors (Lipinski definition) is 3. The molecular weight excluding hydrogens is 310 g/mol. The lowest BCUT2D eigenvalue weighted by molar-refractivity contribution is 0.0767. The number of carbonyl (C=O) groups excluding carboxylic acids is 1. The Kier molecular flexibility index (Phi) is 4.82. The van der Waals surface area contributed by atoms with Crippen molar-refractivity contribution in [2.75, 3.05) is 31.1 Å². The Labute approximate surface area is 141 Å². The van der Waals surface area contributed by atoms with E-state index in [1.165, 1.54) is 0 Å². The molecule has 1 amide bonds. The molecule has 3 rings (SSSR count). The molecule has 0 atom stereocenters. The lowest BCUT2D eigenvalue weighted by atomic mass is 10.2. The van der Waals surface area contributed by atoms with Crippen LogP contribution in [0, 0.1) is 6.92 Å².